The predicted molar refractivity (Wildman–Crippen MR) is 123 cm³/mol. The van der Waals surface area contributed by atoms with E-state index < -0.39 is 0 Å². The van der Waals surface area contributed by atoms with Crippen LogP contribution in [0.3, 0.4) is 0 Å². The van der Waals surface area contributed by atoms with Gasteiger partial charge in [-0.05, 0) is 18.1 Å². The van der Waals surface area contributed by atoms with Gasteiger partial charge < -0.3 is 9.30 Å². The van der Waals surface area contributed by atoms with Crippen LogP contribution in [0.2, 0.25) is 0 Å². The van der Waals surface area contributed by atoms with Gasteiger partial charge in [0.1, 0.15) is 11.6 Å². The van der Waals surface area contributed by atoms with Crippen LogP contribution in [0.1, 0.15) is 35.6 Å². The second-order valence-electron chi connectivity index (χ2n) is 7.99. The molecular weight excluding hydrogens is 406 g/mol. The van der Waals surface area contributed by atoms with Crippen LogP contribution in [-0.2, 0) is 13.0 Å². The van der Waals surface area contributed by atoms with Crippen molar-refractivity contribution in [3.8, 4) is 5.75 Å². The number of nitrogens with one attached hydrogen (secondary N) is 2. The van der Waals surface area contributed by atoms with E-state index in [-0.39, 0.29) is 24.0 Å². The molecule has 8 nitrogen and oxygen atoms in total. The van der Waals surface area contributed by atoms with Gasteiger partial charge in [0.05, 0.1) is 19.2 Å². The summed E-state index contributed by atoms with van der Waals surface area (Å²) in [5.41, 5.74) is 1.02. The summed E-state index contributed by atoms with van der Waals surface area (Å²) in [4.78, 5) is 30.6. The van der Waals surface area contributed by atoms with Crippen molar-refractivity contribution >= 4 is 22.6 Å². The Morgan fingerprint density at radius 3 is 2.59 bits per heavy atom. The maximum atomic E-state index is 13.2. The van der Waals surface area contributed by atoms with Crippen LogP contribution >= 0.6 is 0 Å². The number of amides is 1. The molecule has 4 rings (SSSR count). The zero-order valence-corrected chi connectivity index (χ0v) is 18.3. The summed E-state index contributed by atoms with van der Waals surface area (Å²) in [6.45, 7) is 4.43. The normalized spacial score (nSPS) is 11.1. The number of hydrogen-bond acceptors (Lipinski definition) is 5. The number of aromatic nitrogens is 4. The third-order valence-electron chi connectivity index (χ3n) is 5.13. The Hall–Kier alpha value is -3.94. The highest BCUT2D eigenvalue weighted by Crippen LogP contribution is 2.21. The molecule has 0 radical (unpaired) electrons. The molecule has 2 N–H and O–H groups in total. The fourth-order valence-corrected chi connectivity index (χ4v) is 3.66. The van der Waals surface area contributed by atoms with Crippen LogP contribution < -0.4 is 15.6 Å². The lowest BCUT2D eigenvalue weighted by atomic mass is 10.1. The van der Waals surface area contributed by atoms with Crippen LogP contribution in [0.5, 0.6) is 5.75 Å². The van der Waals surface area contributed by atoms with Crippen molar-refractivity contribution < 1.29 is 9.53 Å². The molecule has 0 saturated carbocycles. The van der Waals surface area contributed by atoms with E-state index >= 15 is 0 Å². The monoisotopic (exact) mass is 431 g/mol. The van der Waals surface area contributed by atoms with Gasteiger partial charge in [0, 0.05) is 29.0 Å². The number of methoxy groups -OCH3 is 1. The van der Waals surface area contributed by atoms with E-state index in [2.05, 4.69) is 34.3 Å². The van der Waals surface area contributed by atoms with Crippen molar-refractivity contribution in [1.29, 1.82) is 0 Å². The van der Waals surface area contributed by atoms with Gasteiger partial charge in [-0.15, -0.1) is 5.10 Å². The molecule has 8 heteroatoms. The number of ether oxygens (including phenoxy) is 1. The number of anilines is 1. The lowest BCUT2D eigenvalue weighted by Crippen LogP contribution is -2.24. The molecular formula is C24H25N5O3. The summed E-state index contributed by atoms with van der Waals surface area (Å²) < 4.78 is 6.94. The van der Waals surface area contributed by atoms with Crippen LogP contribution in [0.4, 0.5) is 5.95 Å². The zero-order chi connectivity index (χ0) is 22.7. The maximum absolute atomic E-state index is 13.2. The molecule has 0 atom stereocenters. The van der Waals surface area contributed by atoms with Crippen LogP contribution in [0, 0.1) is 5.92 Å². The molecule has 0 aliphatic heterocycles. The lowest BCUT2D eigenvalue weighted by molar-refractivity contribution is 0.102. The average molecular weight is 431 g/mol. The second-order valence-corrected chi connectivity index (χ2v) is 7.99. The molecule has 0 aliphatic carbocycles. The molecule has 32 heavy (non-hydrogen) atoms. The van der Waals surface area contributed by atoms with Gasteiger partial charge in [0.25, 0.3) is 11.5 Å². The number of fused-ring (bicyclic) bond motifs is 1. The summed E-state index contributed by atoms with van der Waals surface area (Å²) in [5, 5.41) is 10.7. The minimum atomic E-state index is -0.384. The lowest BCUT2D eigenvalue weighted by Gasteiger charge is -2.13. The molecule has 2 heterocycles. The first-order valence-electron chi connectivity index (χ1n) is 10.4. The van der Waals surface area contributed by atoms with E-state index in [0.29, 0.717) is 33.8 Å². The predicted octanol–water partition coefficient (Wildman–Crippen LogP) is 3.63. The van der Waals surface area contributed by atoms with Crippen molar-refractivity contribution in [3.63, 3.8) is 0 Å². The molecule has 0 aliphatic rings. The van der Waals surface area contributed by atoms with E-state index in [1.54, 1.807) is 37.6 Å². The average Bonchev–Trinajstić information content (AvgIpc) is 3.21. The number of benzene rings is 2. The van der Waals surface area contributed by atoms with Crippen molar-refractivity contribution in [2.45, 2.75) is 26.8 Å². The summed E-state index contributed by atoms with van der Waals surface area (Å²) in [7, 11) is 1.59. The van der Waals surface area contributed by atoms with Crippen molar-refractivity contribution in [1.82, 2.24) is 19.7 Å². The molecule has 1 amide bonds. The second kappa shape index (κ2) is 9.05. The van der Waals surface area contributed by atoms with Crippen molar-refractivity contribution in [2.24, 2.45) is 5.92 Å². The van der Waals surface area contributed by atoms with Gasteiger partial charge in [0.15, 0.2) is 0 Å². The minimum absolute atomic E-state index is 0.180. The number of para-hydroxylation sites is 1. The number of rotatable bonds is 7. The minimum Gasteiger partial charge on any atom is -0.496 e. The number of carbonyl (C=O) groups excluding carboxylic acids is 1. The Labute approximate surface area is 185 Å². The van der Waals surface area contributed by atoms with Gasteiger partial charge >= 0.3 is 0 Å². The van der Waals surface area contributed by atoms with Crippen LogP contribution in [0.15, 0.2) is 59.5 Å². The van der Waals surface area contributed by atoms with Crippen LogP contribution in [-0.4, -0.2) is 32.8 Å². The summed E-state index contributed by atoms with van der Waals surface area (Å²) in [5.74, 6) is 1.62. The number of aromatic amines is 1. The molecule has 2 aromatic carbocycles. The fourth-order valence-electron chi connectivity index (χ4n) is 3.66. The molecule has 0 bridgehead atoms. The van der Waals surface area contributed by atoms with E-state index in [4.69, 9.17) is 4.74 Å². The van der Waals surface area contributed by atoms with Crippen LogP contribution in [0.25, 0.3) is 10.8 Å². The number of pyridine rings is 1. The molecule has 0 saturated heterocycles. The molecule has 0 spiro atoms. The molecule has 4 aromatic rings. The van der Waals surface area contributed by atoms with Crippen molar-refractivity contribution in [2.75, 3.05) is 12.4 Å². The Morgan fingerprint density at radius 1 is 1.12 bits per heavy atom. The number of H-pyrrole nitrogens is 1. The highest BCUT2D eigenvalue weighted by atomic mass is 16.5. The van der Waals surface area contributed by atoms with Gasteiger partial charge in [0.2, 0.25) is 5.95 Å². The maximum Gasteiger partial charge on any atom is 0.260 e. The van der Waals surface area contributed by atoms with Crippen molar-refractivity contribution in [3.05, 3.63) is 82.0 Å². The number of nitrogens with zero attached hydrogens (tertiary/aromatic N) is 3. The van der Waals surface area contributed by atoms with Gasteiger partial charge in [-0.2, -0.15) is 4.98 Å². The fraction of sp³-hybridized carbons (Fsp3) is 0.250. The number of hydrogen-bond donors (Lipinski definition) is 2. The summed E-state index contributed by atoms with van der Waals surface area (Å²) in [6, 6.07) is 14.6. The Morgan fingerprint density at radius 2 is 1.84 bits per heavy atom. The Bertz CT molecular complexity index is 1320. The summed E-state index contributed by atoms with van der Waals surface area (Å²) in [6.07, 6.45) is 2.31. The Balaban J connectivity index is 1.72. The SMILES string of the molecule is COc1ccccc1Cn1cc(C(=O)Nc2n[nH]c(CC(C)C)n2)c2ccccc2c1=O. The Kier molecular flexibility index (Phi) is 6.02. The van der Waals surface area contributed by atoms with E-state index in [0.717, 1.165) is 12.0 Å². The first-order valence-corrected chi connectivity index (χ1v) is 10.4. The van der Waals surface area contributed by atoms with Gasteiger partial charge in [-0.25, -0.2) is 0 Å². The largest absolute Gasteiger partial charge is 0.496 e. The molecule has 0 fully saturated rings. The third kappa shape index (κ3) is 4.39. The van der Waals surface area contributed by atoms with Gasteiger partial charge in [-0.3, -0.25) is 20.0 Å². The first-order chi connectivity index (χ1) is 15.5. The van der Waals surface area contributed by atoms with E-state index in [1.807, 2.05) is 24.3 Å². The third-order valence-corrected chi connectivity index (χ3v) is 5.13. The smallest absolute Gasteiger partial charge is 0.260 e. The standard InChI is InChI=1S/C24H25N5O3/c1-15(2)12-21-25-24(28-27-21)26-22(30)19-14-29(13-16-8-4-7-11-20(16)32-3)23(31)18-10-6-5-9-17(18)19/h4-11,14-15H,12-13H2,1-3H3,(H2,25,26,27,28,30). The quantitative estimate of drug-likeness (QED) is 0.465. The van der Waals surface area contributed by atoms with E-state index in [9.17, 15) is 9.59 Å². The number of carbonyl (C=O) groups is 1. The molecule has 0 unspecified atom stereocenters. The molecule has 2 aromatic heterocycles. The zero-order valence-electron chi connectivity index (χ0n) is 18.3. The summed E-state index contributed by atoms with van der Waals surface area (Å²) >= 11 is 0. The first kappa shape index (κ1) is 21.3. The highest BCUT2D eigenvalue weighted by Gasteiger charge is 2.17. The topological polar surface area (TPSA) is 102 Å². The molecule has 164 valence electrons. The van der Waals surface area contributed by atoms with E-state index in [1.165, 1.54) is 4.57 Å². The van der Waals surface area contributed by atoms with Gasteiger partial charge in [-0.1, -0.05) is 50.2 Å². The highest BCUT2D eigenvalue weighted by molar-refractivity contribution is 6.12.